The van der Waals surface area contributed by atoms with Crippen molar-refractivity contribution in [3.8, 4) is 0 Å². The number of amides is 1. The van der Waals surface area contributed by atoms with Crippen molar-refractivity contribution in [2.24, 2.45) is 11.7 Å². The Kier molecular flexibility index (Phi) is 10.6. The predicted molar refractivity (Wildman–Crippen MR) is 105 cm³/mol. The second-order valence-corrected chi connectivity index (χ2v) is 6.55. The topological polar surface area (TPSA) is 58.4 Å². The molecule has 1 saturated heterocycles. The molecule has 6 heteroatoms. The predicted octanol–water partition coefficient (Wildman–Crippen LogP) is 3.16. The number of hydrogen-bond acceptors (Lipinski definition) is 3. The lowest BCUT2D eigenvalue weighted by Gasteiger charge is -2.37. The first-order chi connectivity index (χ1) is 10.5. The molecule has 1 aliphatic rings. The molecule has 1 fully saturated rings. The van der Waals surface area contributed by atoms with Gasteiger partial charge in [-0.15, -0.1) is 24.8 Å². The molecule has 0 bridgehead atoms. The fraction of sp³-hybridized carbons (Fsp3) is 0.611. The zero-order valence-corrected chi connectivity index (χ0v) is 16.4. The Balaban J connectivity index is 0.00000264. The van der Waals surface area contributed by atoms with Crippen LogP contribution in [0.2, 0.25) is 0 Å². The third-order valence-corrected chi connectivity index (χ3v) is 4.91. The van der Waals surface area contributed by atoms with Gasteiger partial charge in [0.05, 0.1) is 0 Å². The van der Waals surface area contributed by atoms with Crippen LogP contribution in [0.3, 0.4) is 0 Å². The van der Waals surface area contributed by atoms with Gasteiger partial charge in [-0.1, -0.05) is 37.3 Å². The van der Waals surface area contributed by atoms with Gasteiger partial charge in [0.2, 0.25) is 5.91 Å². The first-order valence-electron chi connectivity index (χ1n) is 8.34. The largest absolute Gasteiger partial charge is 0.353 e. The quantitative estimate of drug-likeness (QED) is 0.830. The van der Waals surface area contributed by atoms with E-state index < -0.39 is 0 Å². The van der Waals surface area contributed by atoms with Gasteiger partial charge in [-0.25, -0.2) is 0 Å². The van der Waals surface area contributed by atoms with Crippen molar-refractivity contribution >= 4 is 30.7 Å². The minimum Gasteiger partial charge on any atom is -0.353 e. The molecule has 0 aromatic heterocycles. The highest BCUT2D eigenvalue weighted by molar-refractivity contribution is 5.85. The molecule has 4 nitrogen and oxygen atoms in total. The smallest absolute Gasteiger partial charge is 0.224 e. The number of hydrogen-bond donors (Lipinski definition) is 2. The number of nitrogens with one attached hydrogen (secondary N) is 1. The summed E-state index contributed by atoms with van der Waals surface area (Å²) in [6.45, 7) is 8.08. The standard InChI is InChI=1S/C18H29N3O.2ClH/c1-13(14(2)19)18(22)20-17-9-11-21(12-10-17)15(3)16-7-5-4-6-8-16;;/h4-8,13-15,17H,9-12,19H2,1-3H3,(H,20,22);2*1H. The number of carbonyl (C=O) groups excluding carboxylic acids is 1. The Bertz CT molecular complexity index is 476. The lowest BCUT2D eigenvalue weighted by molar-refractivity contribution is -0.126. The lowest BCUT2D eigenvalue weighted by Crippen LogP contribution is -2.48. The van der Waals surface area contributed by atoms with Crippen LogP contribution in [0.4, 0.5) is 0 Å². The molecule has 3 atom stereocenters. The molecule has 0 spiro atoms. The molecule has 138 valence electrons. The van der Waals surface area contributed by atoms with Gasteiger partial charge >= 0.3 is 0 Å². The van der Waals surface area contributed by atoms with Gasteiger partial charge in [0.15, 0.2) is 0 Å². The maximum Gasteiger partial charge on any atom is 0.224 e. The number of benzene rings is 1. The summed E-state index contributed by atoms with van der Waals surface area (Å²) >= 11 is 0. The van der Waals surface area contributed by atoms with Crippen LogP contribution in [0.1, 0.15) is 45.2 Å². The summed E-state index contributed by atoms with van der Waals surface area (Å²) in [5, 5.41) is 3.15. The number of rotatable bonds is 5. The average Bonchev–Trinajstić information content (AvgIpc) is 2.54. The van der Waals surface area contributed by atoms with Gasteiger partial charge in [-0.05, 0) is 32.3 Å². The van der Waals surface area contributed by atoms with Gasteiger partial charge in [0.1, 0.15) is 0 Å². The zero-order valence-electron chi connectivity index (χ0n) is 14.8. The molecule has 3 unspecified atom stereocenters. The minimum atomic E-state index is -0.124. The summed E-state index contributed by atoms with van der Waals surface area (Å²) in [6.07, 6.45) is 2.02. The number of likely N-dealkylation sites (tertiary alicyclic amines) is 1. The molecule has 1 heterocycles. The Morgan fingerprint density at radius 2 is 1.67 bits per heavy atom. The van der Waals surface area contributed by atoms with Gasteiger partial charge in [0.25, 0.3) is 0 Å². The van der Waals surface area contributed by atoms with E-state index in [4.69, 9.17) is 5.73 Å². The van der Waals surface area contributed by atoms with Crippen molar-refractivity contribution in [3.63, 3.8) is 0 Å². The van der Waals surface area contributed by atoms with E-state index in [1.54, 1.807) is 0 Å². The van der Waals surface area contributed by atoms with E-state index in [0.717, 1.165) is 25.9 Å². The Hall–Kier alpha value is -0.810. The maximum atomic E-state index is 12.1. The van der Waals surface area contributed by atoms with Crippen molar-refractivity contribution in [2.75, 3.05) is 13.1 Å². The summed E-state index contributed by atoms with van der Waals surface area (Å²) in [6, 6.07) is 11.2. The first kappa shape index (κ1) is 23.2. The van der Waals surface area contributed by atoms with Gasteiger partial charge in [0, 0.05) is 37.1 Å². The second kappa shape index (κ2) is 10.9. The minimum absolute atomic E-state index is 0. The highest BCUT2D eigenvalue weighted by Gasteiger charge is 2.26. The SMILES string of the molecule is CC(N)C(C)C(=O)NC1CCN(C(C)c2ccccc2)CC1.Cl.Cl. The normalized spacial score (nSPS) is 19.3. The Labute approximate surface area is 158 Å². The Morgan fingerprint density at radius 1 is 1.12 bits per heavy atom. The molecule has 3 N–H and O–H groups in total. The van der Waals surface area contributed by atoms with Crippen LogP contribution >= 0.6 is 24.8 Å². The van der Waals surface area contributed by atoms with Crippen LogP contribution in [0.25, 0.3) is 0 Å². The number of halogens is 2. The van der Waals surface area contributed by atoms with Gasteiger partial charge in [-0.3, -0.25) is 9.69 Å². The van der Waals surface area contributed by atoms with Crippen LogP contribution in [-0.2, 0) is 4.79 Å². The van der Waals surface area contributed by atoms with E-state index in [-0.39, 0.29) is 48.7 Å². The number of nitrogens with zero attached hydrogens (tertiary/aromatic N) is 1. The first-order valence-corrected chi connectivity index (χ1v) is 8.34. The Morgan fingerprint density at radius 3 is 2.17 bits per heavy atom. The van der Waals surface area contributed by atoms with Crippen molar-refractivity contribution < 1.29 is 4.79 Å². The van der Waals surface area contributed by atoms with E-state index in [0.29, 0.717) is 6.04 Å². The molecular weight excluding hydrogens is 345 g/mol. The zero-order chi connectivity index (χ0) is 16.1. The van der Waals surface area contributed by atoms with Crippen LogP contribution in [-0.4, -0.2) is 36.0 Å². The lowest BCUT2D eigenvalue weighted by atomic mass is 9.98. The molecule has 2 rings (SSSR count). The van der Waals surface area contributed by atoms with Crippen molar-refractivity contribution in [1.82, 2.24) is 10.2 Å². The molecule has 0 radical (unpaired) electrons. The molecule has 1 aliphatic heterocycles. The van der Waals surface area contributed by atoms with Crippen LogP contribution in [0.5, 0.6) is 0 Å². The third-order valence-electron chi connectivity index (χ3n) is 4.91. The van der Waals surface area contributed by atoms with E-state index in [9.17, 15) is 4.79 Å². The summed E-state index contributed by atoms with van der Waals surface area (Å²) in [7, 11) is 0. The van der Waals surface area contributed by atoms with E-state index in [1.165, 1.54) is 5.56 Å². The average molecular weight is 376 g/mol. The molecule has 1 aromatic carbocycles. The molecule has 24 heavy (non-hydrogen) atoms. The van der Waals surface area contributed by atoms with E-state index in [2.05, 4.69) is 47.5 Å². The van der Waals surface area contributed by atoms with Crippen molar-refractivity contribution in [2.45, 2.75) is 51.7 Å². The second-order valence-electron chi connectivity index (χ2n) is 6.55. The highest BCUT2D eigenvalue weighted by Crippen LogP contribution is 2.24. The number of nitrogens with two attached hydrogens (primary N) is 1. The fourth-order valence-electron chi connectivity index (χ4n) is 2.94. The molecule has 0 saturated carbocycles. The van der Waals surface area contributed by atoms with Crippen LogP contribution in [0, 0.1) is 5.92 Å². The number of carbonyl (C=O) groups is 1. The summed E-state index contributed by atoms with van der Waals surface area (Å²) in [5.74, 6) is -0.0363. The summed E-state index contributed by atoms with van der Waals surface area (Å²) < 4.78 is 0. The molecular formula is C18H31Cl2N3O. The summed E-state index contributed by atoms with van der Waals surface area (Å²) in [5.41, 5.74) is 7.16. The van der Waals surface area contributed by atoms with E-state index >= 15 is 0 Å². The monoisotopic (exact) mass is 375 g/mol. The molecule has 0 aliphatic carbocycles. The van der Waals surface area contributed by atoms with Crippen molar-refractivity contribution in [1.29, 1.82) is 0 Å². The third kappa shape index (κ3) is 6.25. The highest BCUT2D eigenvalue weighted by atomic mass is 35.5. The molecule has 1 aromatic rings. The number of piperidine rings is 1. The van der Waals surface area contributed by atoms with Gasteiger partial charge in [-0.2, -0.15) is 0 Å². The maximum absolute atomic E-state index is 12.1. The van der Waals surface area contributed by atoms with E-state index in [1.807, 2.05) is 13.8 Å². The van der Waals surface area contributed by atoms with Crippen molar-refractivity contribution in [3.05, 3.63) is 35.9 Å². The van der Waals surface area contributed by atoms with Gasteiger partial charge < -0.3 is 11.1 Å². The van der Waals surface area contributed by atoms with Crippen LogP contribution < -0.4 is 11.1 Å². The molecule has 1 amide bonds. The fourth-order valence-corrected chi connectivity index (χ4v) is 2.94. The van der Waals surface area contributed by atoms with Crippen LogP contribution in [0.15, 0.2) is 30.3 Å². The summed E-state index contributed by atoms with van der Waals surface area (Å²) in [4.78, 5) is 14.6.